The molecule has 0 bridgehead atoms. The molecule has 0 radical (unpaired) electrons. The van der Waals surface area contributed by atoms with Gasteiger partial charge in [-0.1, -0.05) is 24.3 Å². The average Bonchev–Trinajstić information content (AvgIpc) is 2.95. The van der Waals surface area contributed by atoms with Crippen molar-refractivity contribution in [3.05, 3.63) is 83.4 Å². The zero-order valence-corrected chi connectivity index (χ0v) is 14.5. The van der Waals surface area contributed by atoms with Crippen LogP contribution in [0.3, 0.4) is 0 Å². The molecule has 2 heterocycles. The molecule has 5 nitrogen and oxygen atoms in total. The highest BCUT2D eigenvalue weighted by Gasteiger charge is 2.16. The van der Waals surface area contributed by atoms with Gasteiger partial charge in [0.2, 0.25) is 0 Å². The van der Waals surface area contributed by atoms with Gasteiger partial charge >= 0.3 is 0 Å². The van der Waals surface area contributed by atoms with Crippen LogP contribution in [0.4, 0.5) is 0 Å². The van der Waals surface area contributed by atoms with E-state index in [1.165, 1.54) is 0 Å². The van der Waals surface area contributed by atoms with E-state index in [0.717, 1.165) is 22.8 Å². The summed E-state index contributed by atoms with van der Waals surface area (Å²) in [6.45, 7) is 5.74. The maximum Gasteiger partial charge on any atom is 0.273 e. The highest BCUT2D eigenvalue weighted by Crippen LogP contribution is 2.20. The molecule has 0 aliphatic carbocycles. The van der Waals surface area contributed by atoms with E-state index in [4.69, 9.17) is 0 Å². The van der Waals surface area contributed by atoms with E-state index in [-0.39, 0.29) is 5.91 Å². The van der Waals surface area contributed by atoms with Gasteiger partial charge in [-0.05, 0) is 51.1 Å². The van der Waals surface area contributed by atoms with E-state index in [9.17, 15) is 4.79 Å². The van der Waals surface area contributed by atoms with Gasteiger partial charge in [0.25, 0.3) is 5.91 Å². The highest BCUT2D eigenvalue weighted by molar-refractivity contribution is 6.00. The molecule has 0 aliphatic rings. The summed E-state index contributed by atoms with van der Waals surface area (Å²) in [6.07, 6.45) is 1.70. The van der Waals surface area contributed by atoms with Gasteiger partial charge in [0.05, 0.1) is 17.0 Å². The molecule has 0 spiro atoms. The Morgan fingerprint density at radius 2 is 1.80 bits per heavy atom. The SMILES string of the molecule is CC(=NNC(=O)c1cc(C)n(-c2ccccc2)c1C)c1ccccn1. The first kappa shape index (κ1) is 16.6. The fourth-order valence-corrected chi connectivity index (χ4v) is 2.80. The summed E-state index contributed by atoms with van der Waals surface area (Å²) in [7, 11) is 0. The minimum atomic E-state index is -0.231. The Morgan fingerprint density at radius 3 is 2.48 bits per heavy atom. The summed E-state index contributed by atoms with van der Waals surface area (Å²) in [5.74, 6) is -0.231. The molecule has 1 N–H and O–H groups in total. The third-order valence-corrected chi connectivity index (χ3v) is 4.05. The first-order valence-electron chi connectivity index (χ1n) is 8.08. The van der Waals surface area contributed by atoms with Crippen LogP contribution in [0.2, 0.25) is 0 Å². The Bertz CT molecular complexity index is 912. The zero-order chi connectivity index (χ0) is 17.8. The largest absolute Gasteiger partial charge is 0.318 e. The van der Waals surface area contributed by atoms with Crippen LogP contribution in [-0.4, -0.2) is 21.2 Å². The lowest BCUT2D eigenvalue weighted by Crippen LogP contribution is -2.20. The number of carbonyl (C=O) groups excluding carboxylic acids is 1. The van der Waals surface area contributed by atoms with Crippen molar-refractivity contribution in [1.82, 2.24) is 15.0 Å². The van der Waals surface area contributed by atoms with Crippen LogP contribution in [0.5, 0.6) is 0 Å². The number of nitrogens with one attached hydrogen (secondary N) is 1. The molecular weight excluding hydrogens is 312 g/mol. The van der Waals surface area contributed by atoms with Crippen molar-refractivity contribution < 1.29 is 4.79 Å². The van der Waals surface area contributed by atoms with E-state index in [1.54, 1.807) is 6.20 Å². The molecule has 0 unspecified atom stereocenters. The summed E-state index contributed by atoms with van der Waals surface area (Å²) in [5, 5.41) is 4.17. The van der Waals surface area contributed by atoms with Crippen LogP contribution < -0.4 is 5.43 Å². The molecule has 5 heteroatoms. The molecule has 0 saturated carbocycles. The second-order valence-corrected chi connectivity index (χ2v) is 5.81. The Balaban J connectivity index is 1.84. The highest BCUT2D eigenvalue weighted by atomic mass is 16.2. The van der Waals surface area contributed by atoms with E-state index in [2.05, 4.69) is 20.1 Å². The quantitative estimate of drug-likeness (QED) is 0.586. The molecule has 0 saturated heterocycles. The lowest BCUT2D eigenvalue weighted by molar-refractivity contribution is 0.0954. The number of benzene rings is 1. The van der Waals surface area contributed by atoms with Crippen molar-refractivity contribution >= 4 is 11.6 Å². The summed E-state index contributed by atoms with van der Waals surface area (Å²) >= 11 is 0. The van der Waals surface area contributed by atoms with Crippen molar-refractivity contribution in [2.45, 2.75) is 20.8 Å². The molecule has 0 fully saturated rings. The molecule has 2 aromatic heterocycles. The van der Waals surface area contributed by atoms with Gasteiger partial charge in [0.1, 0.15) is 0 Å². The van der Waals surface area contributed by atoms with Crippen LogP contribution in [0, 0.1) is 13.8 Å². The third-order valence-electron chi connectivity index (χ3n) is 4.05. The minimum absolute atomic E-state index is 0.231. The van der Waals surface area contributed by atoms with Crippen molar-refractivity contribution in [3.8, 4) is 5.69 Å². The normalized spacial score (nSPS) is 11.4. The van der Waals surface area contributed by atoms with Crippen LogP contribution in [0.15, 0.2) is 65.9 Å². The predicted molar refractivity (Wildman–Crippen MR) is 99.2 cm³/mol. The average molecular weight is 332 g/mol. The second kappa shape index (κ2) is 7.13. The van der Waals surface area contributed by atoms with Crippen molar-refractivity contribution in [2.75, 3.05) is 0 Å². The Hall–Kier alpha value is -3.21. The number of hydrazone groups is 1. The van der Waals surface area contributed by atoms with Gasteiger partial charge in [-0.2, -0.15) is 5.10 Å². The molecule has 126 valence electrons. The van der Waals surface area contributed by atoms with Gasteiger partial charge in [-0.15, -0.1) is 0 Å². The van der Waals surface area contributed by atoms with Crippen LogP contribution in [0.25, 0.3) is 5.69 Å². The number of hydrogen-bond acceptors (Lipinski definition) is 3. The number of pyridine rings is 1. The van der Waals surface area contributed by atoms with Crippen molar-refractivity contribution in [3.63, 3.8) is 0 Å². The van der Waals surface area contributed by atoms with E-state index >= 15 is 0 Å². The minimum Gasteiger partial charge on any atom is -0.318 e. The van der Waals surface area contributed by atoms with Crippen LogP contribution in [0.1, 0.15) is 34.4 Å². The number of nitrogens with zero attached hydrogens (tertiary/aromatic N) is 3. The molecule has 1 aromatic carbocycles. The molecule has 0 aliphatic heterocycles. The first-order chi connectivity index (χ1) is 12.1. The van der Waals surface area contributed by atoms with E-state index in [0.29, 0.717) is 11.3 Å². The lowest BCUT2D eigenvalue weighted by atomic mass is 10.2. The summed E-state index contributed by atoms with van der Waals surface area (Å²) < 4.78 is 2.06. The number of rotatable bonds is 4. The number of aryl methyl sites for hydroxylation is 1. The van der Waals surface area contributed by atoms with Crippen LogP contribution >= 0.6 is 0 Å². The molecular formula is C20H20N4O. The van der Waals surface area contributed by atoms with Gasteiger partial charge in [0.15, 0.2) is 0 Å². The number of amides is 1. The van der Waals surface area contributed by atoms with Crippen molar-refractivity contribution in [2.24, 2.45) is 5.10 Å². The zero-order valence-electron chi connectivity index (χ0n) is 14.5. The Kier molecular flexibility index (Phi) is 4.75. The standard InChI is InChI=1S/C20H20N4O/c1-14-13-18(16(3)24(14)17-9-5-4-6-10-17)20(25)23-22-15(2)19-11-7-8-12-21-19/h4-13H,1-3H3,(H,23,25). The molecule has 1 amide bonds. The topological polar surface area (TPSA) is 59.3 Å². The maximum absolute atomic E-state index is 12.5. The van der Waals surface area contributed by atoms with E-state index in [1.807, 2.05) is 75.4 Å². The van der Waals surface area contributed by atoms with Gasteiger partial charge < -0.3 is 4.57 Å². The van der Waals surface area contributed by atoms with Gasteiger partial charge in [-0.3, -0.25) is 9.78 Å². The smallest absolute Gasteiger partial charge is 0.273 e. The lowest BCUT2D eigenvalue weighted by Gasteiger charge is -2.09. The summed E-state index contributed by atoms with van der Waals surface area (Å²) in [4.78, 5) is 16.8. The fraction of sp³-hybridized carbons (Fsp3) is 0.150. The van der Waals surface area contributed by atoms with Crippen LogP contribution in [-0.2, 0) is 0 Å². The number of para-hydroxylation sites is 1. The summed E-state index contributed by atoms with van der Waals surface area (Å²) in [6, 6.07) is 17.4. The number of aromatic nitrogens is 2. The summed E-state index contributed by atoms with van der Waals surface area (Å²) in [5.41, 5.74) is 7.54. The molecule has 0 atom stereocenters. The fourth-order valence-electron chi connectivity index (χ4n) is 2.80. The van der Waals surface area contributed by atoms with Gasteiger partial charge in [0, 0.05) is 23.3 Å². The number of hydrogen-bond donors (Lipinski definition) is 1. The molecule has 25 heavy (non-hydrogen) atoms. The maximum atomic E-state index is 12.5. The van der Waals surface area contributed by atoms with Gasteiger partial charge in [-0.25, -0.2) is 5.43 Å². The number of carbonyl (C=O) groups is 1. The second-order valence-electron chi connectivity index (χ2n) is 5.81. The molecule has 3 aromatic rings. The first-order valence-corrected chi connectivity index (χ1v) is 8.08. The Labute approximate surface area is 147 Å². The monoisotopic (exact) mass is 332 g/mol. The Morgan fingerprint density at radius 1 is 1.08 bits per heavy atom. The predicted octanol–water partition coefficient (Wildman–Crippen LogP) is 3.64. The van der Waals surface area contributed by atoms with E-state index < -0.39 is 0 Å². The molecule has 3 rings (SSSR count). The third kappa shape index (κ3) is 3.50. The van der Waals surface area contributed by atoms with Crippen molar-refractivity contribution in [1.29, 1.82) is 0 Å².